The molecule has 1 aliphatic rings. The van der Waals surface area contributed by atoms with Gasteiger partial charge in [-0.25, -0.2) is 0 Å². The molecule has 0 aromatic heterocycles. The molecule has 0 radical (unpaired) electrons. The molecule has 1 fully saturated rings. The summed E-state index contributed by atoms with van der Waals surface area (Å²) in [5.74, 6) is 0.951. The van der Waals surface area contributed by atoms with Crippen LogP contribution in [0.1, 0.15) is 19.3 Å². The maximum Gasteiger partial charge on any atom is 0.226 e. The molecule has 2 rings (SSSR count). The van der Waals surface area contributed by atoms with E-state index in [4.69, 9.17) is 9.47 Å². The van der Waals surface area contributed by atoms with Crippen molar-refractivity contribution in [2.24, 2.45) is 0 Å². The third kappa shape index (κ3) is 5.85. The first-order chi connectivity index (χ1) is 11.7. The molecule has 1 heterocycles. The summed E-state index contributed by atoms with van der Waals surface area (Å²) in [7, 11) is 1.59. The van der Waals surface area contributed by atoms with E-state index in [1.807, 2.05) is 40.1 Å². The van der Waals surface area contributed by atoms with Crippen LogP contribution in [-0.2, 0) is 14.3 Å². The van der Waals surface area contributed by atoms with Gasteiger partial charge in [0.25, 0.3) is 0 Å². The average molecular weight is 334 g/mol. The molecule has 0 atom stereocenters. The Bertz CT molecular complexity index is 521. The number of rotatable bonds is 7. The first-order valence-electron chi connectivity index (χ1n) is 8.43. The molecule has 0 aliphatic carbocycles. The molecule has 1 saturated heterocycles. The highest BCUT2D eigenvalue weighted by Gasteiger charge is 2.21. The van der Waals surface area contributed by atoms with Crippen molar-refractivity contribution in [3.05, 3.63) is 30.3 Å². The number of amides is 2. The van der Waals surface area contributed by atoms with E-state index in [1.54, 1.807) is 7.11 Å². The number of nitrogens with zero attached hydrogens (tertiary/aromatic N) is 2. The molecule has 6 heteroatoms. The van der Waals surface area contributed by atoms with Crippen LogP contribution >= 0.6 is 0 Å². The molecule has 0 unspecified atom stereocenters. The maximum atomic E-state index is 12.3. The van der Waals surface area contributed by atoms with Crippen LogP contribution in [0.25, 0.3) is 0 Å². The molecule has 1 aliphatic heterocycles. The Morgan fingerprint density at radius 3 is 2.08 bits per heavy atom. The van der Waals surface area contributed by atoms with E-state index in [0.29, 0.717) is 52.2 Å². The summed E-state index contributed by atoms with van der Waals surface area (Å²) >= 11 is 0. The molecule has 0 bridgehead atoms. The summed E-state index contributed by atoms with van der Waals surface area (Å²) in [5, 5.41) is 0. The molecule has 132 valence electrons. The van der Waals surface area contributed by atoms with Gasteiger partial charge in [-0.1, -0.05) is 18.2 Å². The lowest BCUT2D eigenvalue weighted by molar-refractivity contribution is -0.134. The number of benzene rings is 1. The standard InChI is InChI=1S/C18H26N2O4/c1-23-14-8-17(21)19-10-5-11-20(13-12-19)18(22)9-15-24-16-6-3-2-4-7-16/h2-4,6-7H,5,8-15H2,1H3. The van der Waals surface area contributed by atoms with Gasteiger partial charge in [0.05, 0.1) is 26.1 Å². The lowest BCUT2D eigenvalue weighted by atomic mass is 10.3. The van der Waals surface area contributed by atoms with Crippen molar-refractivity contribution in [3.8, 4) is 5.75 Å². The fourth-order valence-corrected chi connectivity index (χ4v) is 2.69. The zero-order chi connectivity index (χ0) is 17.2. The van der Waals surface area contributed by atoms with Crippen LogP contribution in [0.15, 0.2) is 30.3 Å². The van der Waals surface area contributed by atoms with Crippen LogP contribution in [0.3, 0.4) is 0 Å². The van der Waals surface area contributed by atoms with Crippen molar-refractivity contribution in [2.45, 2.75) is 19.3 Å². The van der Waals surface area contributed by atoms with E-state index in [9.17, 15) is 9.59 Å². The SMILES string of the molecule is COCCC(=O)N1CCCN(C(=O)CCOc2ccccc2)CC1. The monoisotopic (exact) mass is 334 g/mol. The third-order valence-electron chi connectivity index (χ3n) is 4.05. The lowest BCUT2D eigenvalue weighted by Crippen LogP contribution is -2.38. The van der Waals surface area contributed by atoms with Gasteiger partial charge in [-0.3, -0.25) is 9.59 Å². The molecule has 24 heavy (non-hydrogen) atoms. The van der Waals surface area contributed by atoms with Crippen LogP contribution in [0.4, 0.5) is 0 Å². The summed E-state index contributed by atoms with van der Waals surface area (Å²) in [6, 6.07) is 9.48. The van der Waals surface area contributed by atoms with Gasteiger partial charge >= 0.3 is 0 Å². The first-order valence-corrected chi connectivity index (χ1v) is 8.43. The van der Waals surface area contributed by atoms with Gasteiger partial charge < -0.3 is 19.3 Å². The molecule has 1 aromatic rings. The Kier molecular flexibility index (Phi) is 7.55. The second kappa shape index (κ2) is 9.93. The van der Waals surface area contributed by atoms with E-state index >= 15 is 0 Å². The third-order valence-corrected chi connectivity index (χ3v) is 4.05. The minimum absolute atomic E-state index is 0.0807. The highest BCUT2D eigenvalue weighted by molar-refractivity contribution is 5.78. The fraction of sp³-hybridized carbons (Fsp3) is 0.556. The van der Waals surface area contributed by atoms with E-state index in [0.717, 1.165) is 12.2 Å². The number of carbonyl (C=O) groups excluding carboxylic acids is 2. The number of ether oxygens (including phenoxy) is 2. The van der Waals surface area contributed by atoms with Crippen molar-refractivity contribution in [1.82, 2.24) is 9.80 Å². The summed E-state index contributed by atoms with van der Waals surface area (Å²) in [5.41, 5.74) is 0. The van der Waals surface area contributed by atoms with Crippen LogP contribution < -0.4 is 4.74 Å². The molecular formula is C18H26N2O4. The lowest BCUT2D eigenvalue weighted by Gasteiger charge is -2.22. The molecule has 0 N–H and O–H groups in total. The number of hydrogen-bond acceptors (Lipinski definition) is 4. The summed E-state index contributed by atoms with van der Waals surface area (Å²) in [6.45, 7) is 3.38. The van der Waals surface area contributed by atoms with Gasteiger partial charge in [-0.15, -0.1) is 0 Å². The van der Waals surface area contributed by atoms with E-state index in [1.165, 1.54) is 0 Å². The Labute approximate surface area is 143 Å². The van der Waals surface area contributed by atoms with Gasteiger partial charge in [-0.05, 0) is 18.6 Å². The number of methoxy groups -OCH3 is 1. The average Bonchev–Trinajstić information content (AvgIpc) is 2.87. The van der Waals surface area contributed by atoms with Crippen LogP contribution in [0.2, 0.25) is 0 Å². The van der Waals surface area contributed by atoms with Crippen LogP contribution in [0.5, 0.6) is 5.75 Å². The van der Waals surface area contributed by atoms with Crippen molar-refractivity contribution in [3.63, 3.8) is 0 Å². The largest absolute Gasteiger partial charge is 0.493 e. The van der Waals surface area contributed by atoms with Gasteiger partial charge in [0.15, 0.2) is 0 Å². The smallest absolute Gasteiger partial charge is 0.226 e. The van der Waals surface area contributed by atoms with Gasteiger partial charge in [-0.2, -0.15) is 0 Å². The van der Waals surface area contributed by atoms with Crippen LogP contribution in [0, 0.1) is 0 Å². The van der Waals surface area contributed by atoms with Crippen molar-refractivity contribution >= 4 is 11.8 Å². The Balaban J connectivity index is 1.72. The first kappa shape index (κ1) is 18.3. The minimum atomic E-state index is 0.0807. The normalized spacial score (nSPS) is 15.0. The summed E-state index contributed by atoms with van der Waals surface area (Å²) in [6.07, 6.45) is 1.56. The van der Waals surface area contributed by atoms with E-state index in [-0.39, 0.29) is 11.8 Å². The molecule has 0 saturated carbocycles. The fourth-order valence-electron chi connectivity index (χ4n) is 2.69. The van der Waals surface area contributed by atoms with Crippen molar-refractivity contribution in [2.75, 3.05) is 46.5 Å². The second-order valence-corrected chi connectivity index (χ2v) is 5.77. The number of para-hydroxylation sites is 1. The Hall–Kier alpha value is -2.08. The zero-order valence-electron chi connectivity index (χ0n) is 14.3. The van der Waals surface area contributed by atoms with E-state index < -0.39 is 0 Å². The van der Waals surface area contributed by atoms with Gasteiger partial charge in [0, 0.05) is 33.3 Å². The topological polar surface area (TPSA) is 59.1 Å². The maximum absolute atomic E-state index is 12.3. The molecule has 2 amide bonds. The van der Waals surface area contributed by atoms with Crippen molar-refractivity contribution < 1.29 is 19.1 Å². The summed E-state index contributed by atoms with van der Waals surface area (Å²) in [4.78, 5) is 28.0. The molecule has 6 nitrogen and oxygen atoms in total. The van der Waals surface area contributed by atoms with Gasteiger partial charge in [0.1, 0.15) is 5.75 Å². The predicted octanol–water partition coefficient (Wildman–Crippen LogP) is 1.55. The Morgan fingerprint density at radius 1 is 0.917 bits per heavy atom. The molecule has 1 aromatic carbocycles. The van der Waals surface area contributed by atoms with E-state index in [2.05, 4.69) is 0 Å². The molecule has 0 spiro atoms. The number of hydrogen-bond donors (Lipinski definition) is 0. The predicted molar refractivity (Wildman–Crippen MR) is 90.8 cm³/mol. The van der Waals surface area contributed by atoms with Gasteiger partial charge in [0.2, 0.25) is 11.8 Å². The van der Waals surface area contributed by atoms with Crippen LogP contribution in [-0.4, -0.2) is 68.1 Å². The zero-order valence-corrected chi connectivity index (χ0v) is 14.3. The summed E-state index contributed by atoms with van der Waals surface area (Å²) < 4.78 is 10.5. The number of carbonyl (C=O) groups is 2. The highest BCUT2D eigenvalue weighted by Crippen LogP contribution is 2.10. The highest BCUT2D eigenvalue weighted by atomic mass is 16.5. The molecular weight excluding hydrogens is 308 g/mol. The van der Waals surface area contributed by atoms with Crippen molar-refractivity contribution in [1.29, 1.82) is 0 Å². The quantitative estimate of drug-likeness (QED) is 0.759. The minimum Gasteiger partial charge on any atom is -0.493 e. The Morgan fingerprint density at radius 2 is 1.50 bits per heavy atom. The second-order valence-electron chi connectivity index (χ2n) is 5.77.